The Morgan fingerprint density at radius 2 is 1.93 bits per heavy atom. The predicted octanol–water partition coefficient (Wildman–Crippen LogP) is 2.84. The number of benzene rings is 1. The average molecular weight is 422 g/mol. The third kappa shape index (κ3) is 3.30. The number of thioether (sulfide) groups is 1. The van der Waals surface area contributed by atoms with E-state index in [-0.39, 0.29) is 10.6 Å². The number of aryl methyl sites for hydroxylation is 2. The van der Waals surface area contributed by atoms with Gasteiger partial charge in [-0.05, 0) is 49.6 Å². The predicted molar refractivity (Wildman–Crippen MR) is 119 cm³/mol. The zero-order chi connectivity index (χ0) is 20.8. The Morgan fingerprint density at radius 3 is 2.80 bits per heavy atom. The number of rotatable bonds is 4. The molecule has 3 aromatic heterocycles. The third-order valence-corrected chi connectivity index (χ3v) is 7.46. The van der Waals surface area contributed by atoms with Gasteiger partial charge >= 0.3 is 0 Å². The number of pyridine rings is 1. The lowest BCUT2D eigenvalue weighted by Crippen LogP contribution is -2.31. The molecule has 0 spiro atoms. The van der Waals surface area contributed by atoms with Crippen LogP contribution in [-0.2, 0) is 6.42 Å². The highest BCUT2D eigenvalue weighted by molar-refractivity contribution is 8.00. The molecule has 4 unspecified atom stereocenters. The molecule has 1 aliphatic heterocycles. The van der Waals surface area contributed by atoms with E-state index in [1.807, 2.05) is 42.0 Å². The first-order valence-corrected chi connectivity index (χ1v) is 10.9. The van der Waals surface area contributed by atoms with E-state index < -0.39 is 12.2 Å². The van der Waals surface area contributed by atoms with Gasteiger partial charge in [-0.3, -0.25) is 0 Å². The summed E-state index contributed by atoms with van der Waals surface area (Å²) in [5.41, 5.74) is 9.50. The number of hydrogen-bond donors (Lipinski definition) is 3. The van der Waals surface area contributed by atoms with E-state index >= 15 is 0 Å². The van der Waals surface area contributed by atoms with Crippen molar-refractivity contribution in [3.05, 3.63) is 60.2 Å². The Hall–Kier alpha value is -2.68. The minimum Gasteiger partial charge on any atom is -0.389 e. The van der Waals surface area contributed by atoms with Crippen LogP contribution in [0.5, 0.6) is 0 Å². The van der Waals surface area contributed by atoms with Gasteiger partial charge in [-0.2, -0.15) is 0 Å². The second kappa shape index (κ2) is 7.54. The van der Waals surface area contributed by atoms with Crippen molar-refractivity contribution in [1.82, 2.24) is 19.5 Å². The van der Waals surface area contributed by atoms with E-state index in [4.69, 9.17) is 5.73 Å². The lowest BCUT2D eigenvalue weighted by atomic mass is 10.0. The van der Waals surface area contributed by atoms with Crippen molar-refractivity contribution < 1.29 is 10.2 Å². The van der Waals surface area contributed by atoms with E-state index in [0.717, 1.165) is 46.0 Å². The standard InChI is InChI=1S/C22H23N5O2S/c1-12-15-8-9-27(21(15)25-11-24-12)22-20(29)19(28)17(30-22)6-3-13-2-4-14-5-7-18(23)26-16(14)10-13/h2,4-5,7-11,17,19-20,22,28-29H,3,6H2,1H3,(H2,23,26). The fourth-order valence-corrected chi connectivity index (χ4v) is 5.70. The quantitative estimate of drug-likeness (QED) is 0.465. The monoisotopic (exact) mass is 421 g/mol. The van der Waals surface area contributed by atoms with Gasteiger partial charge in [-0.1, -0.05) is 12.1 Å². The molecule has 1 saturated heterocycles. The molecule has 4 atom stereocenters. The molecule has 1 fully saturated rings. The van der Waals surface area contributed by atoms with Gasteiger partial charge in [0.2, 0.25) is 0 Å². The van der Waals surface area contributed by atoms with Gasteiger partial charge < -0.3 is 20.5 Å². The van der Waals surface area contributed by atoms with Gasteiger partial charge in [-0.15, -0.1) is 11.8 Å². The van der Waals surface area contributed by atoms with Crippen molar-refractivity contribution in [3.63, 3.8) is 0 Å². The molecule has 0 radical (unpaired) electrons. The number of aromatic nitrogens is 4. The molecule has 0 amide bonds. The first-order chi connectivity index (χ1) is 14.5. The van der Waals surface area contributed by atoms with Crippen LogP contribution in [0.25, 0.3) is 21.9 Å². The van der Waals surface area contributed by atoms with Crippen LogP contribution in [0.1, 0.15) is 23.1 Å². The van der Waals surface area contributed by atoms with Crippen LogP contribution in [0.15, 0.2) is 48.9 Å². The molecule has 0 bridgehead atoms. The molecular weight excluding hydrogens is 398 g/mol. The third-order valence-electron chi connectivity index (χ3n) is 5.82. The van der Waals surface area contributed by atoms with Crippen LogP contribution >= 0.6 is 11.8 Å². The van der Waals surface area contributed by atoms with Gasteiger partial charge in [0.05, 0.1) is 17.3 Å². The summed E-state index contributed by atoms with van der Waals surface area (Å²) in [6.07, 6.45) is 3.34. The van der Waals surface area contributed by atoms with Crippen molar-refractivity contribution in [3.8, 4) is 0 Å². The lowest BCUT2D eigenvalue weighted by molar-refractivity contribution is 0.0176. The highest BCUT2D eigenvalue weighted by Crippen LogP contribution is 2.45. The van der Waals surface area contributed by atoms with Crippen LogP contribution in [0.3, 0.4) is 0 Å². The van der Waals surface area contributed by atoms with Crippen molar-refractivity contribution in [2.45, 2.75) is 42.6 Å². The molecule has 1 aromatic carbocycles. The zero-order valence-electron chi connectivity index (χ0n) is 16.5. The molecule has 5 rings (SSSR count). The zero-order valence-corrected chi connectivity index (χ0v) is 17.3. The van der Waals surface area contributed by atoms with Crippen molar-refractivity contribution in [2.24, 2.45) is 0 Å². The van der Waals surface area contributed by atoms with Gasteiger partial charge in [-0.25, -0.2) is 15.0 Å². The number of nitrogens with zero attached hydrogens (tertiary/aromatic N) is 4. The maximum atomic E-state index is 10.7. The van der Waals surface area contributed by atoms with Gasteiger partial charge in [0.1, 0.15) is 29.3 Å². The summed E-state index contributed by atoms with van der Waals surface area (Å²) in [5.74, 6) is 0.505. The molecule has 0 aliphatic carbocycles. The fourth-order valence-electron chi connectivity index (χ4n) is 4.14. The Kier molecular flexibility index (Phi) is 4.85. The second-order valence-electron chi connectivity index (χ2n) is 7.77. The topological polar surface area (TPSA) is 110 Å². The van der Waals surface area contributed by atoms with E-state index in [1.54, 1.807) is 17.8 Å². The van der Waals surface area contributed by atoms with Crippen molar-refractivity contribution >= 4 is 39.5 Å². The summed E-state index contributed by atoms with van der Waals surface area (Å²) in [5, 5.41) is 23.1. The summed E-state index contributed by atoms with van der Waals surface area (Å²) in [6, 6.07) is 11.9. The van der Waals surface area contributed by atoms with E-state index in [0.29, 0.717) is 5.82 Å². The molecule has 30 heavy (non-hydrogen) atoms. The van der Waals surface area contributed by atoms with E-state index in [1.165, 1.54) is 6.33 Å². The largest absolute Gasteiger partial charge is 0.389 e. The number of nitrogens with two attached hydrogens (primary N) is 1. The summed E-state index contributed by atoms with van der Waals surface area (Å²) < 4.78 is 1.95. The average Bonchev–Trinajstić information content (AvgIpc) is 3.29. The number of fused-ring (bicyclic) bond motifs is 2. The van der Waals surface area contributed by atoms with Crippen molar-refractivity contribution in [2.75, 3.05) is 5.73 Å². The first kappa shape index (κ1) is 19.3. The Labute approximate surface area is 178 Å². The molecular formula is C22H23N5O2S. The number of nitrogen functional groups attached to an aromatic ring is 1. The molecule has 8 heteroatoms. The highest BCUT2D eigenvalue weighted by Gasteiger charge is 2.43. The number of aliphatic hydroxyl groups excluding tert-OH is 2. The van der Waals surface area contributed by atoms with Crippen LogP contribution in [0, 0.1) is 6.92 Å². The molecule has 4 heterocycles. The van der Waals surface area contributed by atoms with Crippen LogP contribution in [-0.4, -0.2) is 47.2 Å². The van der Waals surface area contributed by atoms with Gasteiger partial charge in [0, 0.05) is 22.2 Å². The summed E-state index contributed by atoms with van der Waals surface area (Å²) >= 11 is 1.60. The second-order valence-corrected chi connectivity index (χ2v) is 9.13. The van der Waals surface area contributed by atoms with Gasteiger partial charge in [0.25, 0.3) is 0 Å². The SMILES string of the molecule is Cc1ncnc2c1ccn2C1SC(CCc2ccc3ccc(N)nc3c2)C(O)C1O. The van der Waals surface area contributed by atoms with Crippen molar-refractivity contribution in [1.29, 1.82) is 0 Å². The number of aliphatic hydroxyl groups is 2. The normalized spacial score (nSPS) is 24.1. The minimum absolute atomic E-state index is 0.0742. The summed E-state index contributed by atoms with van der Waals surface area (Å²) in [4.78, 5) is 13.0. The summed E-state index contributed by atoms with van der Waals surface area (Å²) in [7, 11) is 0. The maximum Gasteiger partial charge on any atom is 0.144 e. The van der Waals surface area contributed by atoms with E-state index in [2.05, 4.69) is 21.0 Å². The molecule has 1 aliphatic rings. The molecule has 154 valence electrons. The summed E-state index contributed by atoms with van der Waals surface area (Å²) in [6.45, 7) is 1.94. The first-order valence-electron chi connectivity index (χ1n) is 9.96. The smallest absolute Gasteiger partial charge is 0.144 e. The van der Waals surface area contributed by atoms with Crippen LogP contribution in [0.4, 0.5) is 5.82 Å². The van der Waals surface area contributed by atoms with Crippen LogP contribution < -0.4 is 5.73 Å². The number of anilines is 1. The Bertz CT molecular complexity index is 1230. The maximum absolute atomic E-state index is 10.7. The van der Waals surface area contributed by atoms with Crippen LogP contribution in [0.2, 0.25) is 0 Å². The molecule has 7 nitrogen and oxygen atoms in total. The molecule has 4 N–H and O–H groups in total. The van der Waals surface area contributed by atoms with E-state index in [9.17, 15) is 10.2 Å². The lowest BCUT2D eigenvalue weighted by Gasteiger charge is -2.17. The molecule has 4 aromatic rings. The highest BCUT2D eigenvalue weighted by atomic mass is 32.2. The van der Waals surface area contributed by atoms with Gasteiger partial charge in [0.15, 0.2) is 0 Å². The fraction of sp³-hybridized carbons (Fsp3) is 0.318. The minimum atomic E-state index is -0.857. The Balaban J connectivity index is 1.34. The number of hydrogen-bond acceptors (Lipinski definition) is 7. The molecule has 0 saturated carbocycles. The Morgan fingerprint density at radius 1 is 1.10 bits per heavy atom.